The van der Waals surface area contributed by atoms with E-state index in [9.17, 15) is 0 Å². The molecule has 0 radical (unpaired) electrons. The Balaban J connectivity index is 0.00000341. The van der Waals surface area contributed by atoms with Gasteiger partial charge in [-0.05, 0) is 30.9 Å². The van der Waals surface area contributed by atoms with Crippen LogP contribution in [0.4, 0.5) is 0 Å². The zero-order valence-electron chi connectivity index (χ0n) is 19.2. The maximum absolute atomic E-state index is 5.87. The van der Waals surface area contributed by atoms with Crippen molar-refractivity contribution in [3.63, 3.8) is 0 Å². The van der Waals surface area contributed by atoms with Crippen LogP contribution in [0.25, 0.3) is 0 Å². The molecule has 2 N–H and O–H groups in total. The number of nitrogens with one attached hydrogen (secondary N) is 2. The number of thiazole rings is 1. The van der Waals surface area contributed by atoms with Crippen LogP contribution in [0.15, 0.2) is 34.6 Å². The van der Waals surface area contributed by atoms with Crippen LogP contribution in [0, 0.1) is 0 Å². The molecule has 1 aromatic carbocycles. The van der Waals surface area contributed by atoms with Crippen LogP contribution in [0.2, 0.25) is 0 Å². The lowest BCUT2D eigenvalue weighted by molar-refractivity contribution is -0.0705. The smallest absolute Gasteiger partial charge is 0.191 e. The van der Waals surface area contributed by atoms with E-state index in [-0.39, 0.29) is 36.2 Å². The van der Waals surface area contributed by atoms with Gasteiger partial charge in [0.2, 0.25) is 0 Å². The van der Waals surface area contributed by atoms with Gasteiger partial charge in [-0.2, -0.15) is 0 Å². The van der Waals surface area contributed by atoms with E-state index in [1.165, 1.54) is 11.1 Å². The number of rotatable bonds is 7. The van der Waals surface area contributed by atoms with Crippen molar-refractivity contribution in [3.05, 3.63) is 51.5 Å². The zero-order chi connectivity index (χ0) is 21.5. The first-order chi connectivity index (χ1) is 14.4. The molecule has 1 aliphatic heterocycles. The predicted octanol–water partition coefficient (Wildman–Crippen LogP) is 4.36. The Hall–Kier alpha value is -1.23. The van der Waals surface area contributed by atoms with Gasteiger partial charge in [0.25, 0.3) is 0 Å². The summed E-state index contributed by atoms with van der Waals surface area (Å²) in [5.41, 5.74) is 3.80. The Morgan fingerprint density at radius 2 is 1.81 bits per heavy atom. The quantitative estimate of drug-likeness (QED) is 0.301. The number of morpholine rings is 1. The molecule has 1 aliphatic rings. The molecular weight excluding hydrogens is 521 g/mol. The summed E-state index contributed by atoms with van der Waals surface area (Å²) in [7, 11) is 1.80. The van der Waals surface area contributed by atoms with E-state index in [0.29, 0.717) is 12.5 Å². The highest BCUT2D eigenvalue weighted by Gasteiger charge is 2.22. The number of halogens is 1. The zero-order valence-corrected chi connectivity index (χ0v) is 22.4. The third-order valence-electron chi connectivity index (χ3n) is 5.25. The van der Waals surface area contributed by atoms with Crippen LogP contribution in [-0.2, 0) is 24.4 Å². The maximum Gasteiger partial charge on any atom is 0.191 e. The van der Waals surface area contributed by atoms with Crippen LogP contribution < -0.4 is 10.6 Å². The first-order valence-electron chi connectivity index (χ1n) is 10.8. The molecule has 172 valence electrons. The molecule has 3 rings (SSSR count). The summed E-state index contributed by atoms with van der Waals surface area (Å²) in [6, 6.07) is 8.64. The molecule has 0 aliphatic carbocycles. The van der Waals surface area contributed by atoms with Gasteiger partial charge >= 0.3 is 0 Å². The molecule has 0 spiro atoms. The number of aromatic nitrogens is 1. The molecule has 2 heterocycles. The topological polar surface area (TPSA) is 61.8 Å². The highest BCUT2D eigenvalue weighted by molar-refractivity contribution is 14.0. The van der Waals surface area contributed by atoms with Gasteiger partial charge in [-0.15, -0.1) is 35.3 Å². The van der Waals surface area contributed by atoms with Crippen LogP contribution in [0.3, 0.4) is 0 Å². The largest absolute Gasteiger partial charge is 0.373 e. The number of hydrogen-bond acceptors (Lipinski definition) is 5. The van der Waals surface area contributed by atoms with Crippen molar-refractivity contribution in [1.29, 1.82) is 0 Å². The maximum atomic E-state index is 5.87. The van der Waals surface area contributed by atoms with E-state index in [4.69, 9.17) is 4.74 Å². The molecule has 2 aromatic rings. The average Bonchev–Trinajstić information content (AvgIpc) is 3.18. The molecule has 31 heavy (non-hydrogen) atoms. The molecule has 0 bridgehead atoms. The standard InChI is InChI=1S/C23H35N5OS.HI/c1-16(2)21-15-30-22(27-21)11-26-23(24-5)25-10-19-8-6-7-9-20(19)14-28-12-17(3)29-18(4)13-28;/h6-9,15-18H,10-14H2,1-5H3,(H2,24,25,26);1H. The van der Waals surface area contributed by atoms with E-state index in [2.05, 4.69) is 82.9 Å². The van der Waals surface area contributed by atoms with Crippen molar-refractivity contribution in [3.8, 4) is 0 Å². The first kappa shape index (κ1) is 26.0. The highest BCUT2D eigenvalue weighted by Crippen LogP contribution is 2.18. The minimum absolute atomic E-state index is 0. The van der Waals surface area contributed by atoms with Crippen LogP contribution >= 0.6 is 35.3 Å². The van der Waals surface area contributed by atoms with Crippen LogP contribution in [0.1, 0.15) is 55.4 Å². The monoisotopic (exact) mass is 557 g/mol. The first-order valence-corrected chi connectivity index (χ1v) is 11.7. The fourth-order valence-electron chi connectivity index (χ4n) is 3.77. The Kier molecular flexibility index (Phi) is 10.7. The van der Waals surface area contributed by atoms with Crippen molar-refractivity contribution in [1.82, 2.24) is 20.5 Å². The second-order valence-corrected chi connectivity index (χ2v) is 9.26. The van der Waals surface area contributed by atoms with Crippen LogP contribution in [0.5, 0.6) is 0 Å². The summed E-state index contributed by atoms with van der Waals surface area (Å²) in [4.78, 5) is 11.5. The van der Waals surface area contributed by atoms with Gasteiger partial charge in [-0.25, -0.2) is 4.98 Å². The van der Waals surface area contributed by atoms with Crippen molar-refractivity contribution < 1.29 is 4.74 Å². The highest BCUT2D eigenvalue weighted by atomic mass is 127. The molecule has 6 nitrogen and oxygen atoms in total. The number of guanidine groups is 1. The van der Waals surface area contributed by atoms with Crippen molar-refractivity contribution in [2.45, 2.75) is 65.5 Å². The lowest BCUT2D eigenvalue weighted by Crippen LogP contribution is -2.45. The lowest BCUT2D eigenvalue weighted by Gasteiger charge is -2.35. The normalized spacial score (nSPS) is 19.9. The van der Waals surface area contributed by atoms with Gasteiger partial charge < -0.3 is 15.4 Å². The number of nitrogens with zero attached hydrogens (tertiary/aromatic N) is 3. The molecular formula is C23H36IN5OS. The van der Waals surface area contributed by atoms with E-state index >= 15 is 0 Å². The Labute approximate surface area is 207 Å². The van der Waals surface area contributed by atoms with E-state index < -0.39 is 0 Å². The molecule has 1 aromatic heterocycles. The van der Waals surface area contributed by atoms with E-state index in [1.54, 1.807) is 18.4 Å². The third kappa shape index (κ3) is 8.00. The van der Waals surface area contributed by atoms with Gasteiger partial charge in [0, 0.05) is 38.6 Å². The molecule has 2 unspecified atom stereocenters. The fourth-order valence-corrected chi connectivity index (χ4v) is 4.66. The SMILES string of the molecule is CN=C(NCc1nc(C(C)C)cs1)NCc1ccccc1CN1CC(C)OC(C)C1.I. The Morgan fingerprint density at radius 1 is 1.16 bits per heavy atom. The number of hydrogen-bond donors (Lipinski definition) is 2. The average molecular weight is 558 g/mol. The summed E-state index contributed by atoms with van der Waals surface area (Å²) in [6.07, 6.45) is 0.563. The molecule has 0 amide bonds. The Morgan fingerprint density at radius 3 is 2.42 bits per heavy atom. The molecule has 8 heteroatoms. The van der Waals surface area contributed by atoms with E-state index in [1.807, 2.05) is 0 Å². The Bertz CT molecular complexity index is 831. The molecule has 2 atom stereocenters. The number of ether oxygens (including phenoxy) is 1. The minimum Gasteiger partial charge on any atom is -0.373 e. The van der Waals surface area contributed by atoms with Gasteiger partial charge in [0.15, 0.2) is 5.96 Å². The predicted molar refractivity (Wildman–Crippen MR) is 140 cm³/mol. The van der Waals surface area contributed by atoms with Gasteiger partial charge in [-0.1, -0.05) is 38.1 Å². The minimum atomic E-state index is 0. The van der Waals surface area contributed by atoms with Crippen molar-refractivity contribution in [2.24, 2.45) is 4.99 Å². The number of benzene rings is 1. The summed E-state index contributed by atoms with van der Waals surface area (Å²) >= 11 is 1.69. The van der Waals surface area contributed by atoms with Crippen molar-refractivity contribution >= 4 is 41.3 Å². The second kappa shape index (κ2) is 12.7. The lowest BCUT2D eigenvalue weighted by atomic mass is 10.1. The molecule has 0 saturated carbocycles. The van der Waals surface area contributed by atoms with Gasteiger partial charge in [0.05, 0.1) is 24.4 Å². The summed E-state index contributed by atoms with van der Waals surface area (Å²) in [6.45, 7) is 13.0. The van der Waals surface area contributed by atoms with Gasteiger partial charge in [-0.3, -0.25) is 9.89 Å². The number of aliphatic imine (C=N–C) groups is 1. The van der Waals surface area contributed by atoms with Crippen molar-refractivity contribution in [2.75, 3.05) is 20.1 Å². The summed E-state index contributed by atoms with van der Waals surface area (Å²) in [5.74, 6) is 1.25. The third-order valence-corrected chi connectivity index (χ3v) is 6.11. The second-order valence-electron chi connectivity index (χ2n) is 8.32. The summed E-state index contributed by atoms with van der Waals surface area (Å²) < 4.78 is 5.87. The van der Waals surface area contributed by atoms with Crippen LogP contribution in [-0.4, -0.2) is 48.2 Å². The molecule has 1 fully saturated rings. The van der Waals surface area contributed by atoms with E-state index in [0.717, 1.165) is 42.8 Å². The summed E-state index contributed by atoms with van der Waals surface area (Å²) in [5, 5.41) is 10.1. The fraction of sp³-hybridized carbons (Fsp3) is 0.565. The van der Waals surface area contributed by atoms with Gasteiger partial charge in [0.1, 0.15) is 5.01 Å². The molecule has 1 saturated heterocycles.